The molecule has 3 nitrogen and oxygen atoms in total. The number of carbonyl (C=O) groups is 1. The van der Waals surface area contributed by atoms with Gasteiger partial charge in [-0.05, 0) is 54.8 Å². The van der Waals surface area contributed by atoms with Crippen molar-refractivity contribution in [3.05, 3.63) is 64.1 Å². The summed E-state index contributed by atoms with van der Waals surface area (Å²) in [5.74, 6) is 0.676. The minimum Gasteiger partial charge on any atom is -0.497 e. The lowest BCUT2D eigenvalue weighted by Gasteiger charge is -2.18. The highest BCUT2D eigenvalue weighted by Gasteiger charge is 2.34. The van der Waals surface area contributed by atoms with Crippen molar-refractivity contribution in [3.8, 4) is 5.75 Å². The number of ether oxygens (including phenoxy) is 1. The molecule has 1 fully saturated rings. The fourth-order valence-corrected chi connectivity index (χ4v) is 3.82. The van der Waals surface area contributed by atoms with Crippen LogP contribution in [0.4, 0.5) is 5.69 Å². The number of methoxy groups -OCH3 is 1. The van der Waals surface area contributed by atoms with Gasteiger partial charge in [0, 0.05) is 0 Å². The highest BCUT2D eigenvalue weighted by atomic mass is 32.2. The molecule has 2 aromatic rings. The molecule has 0 bridgehead atoms. The summed E-state index contributed by atoms with van der Waals surface area (Å²) in [5, 5.41) is 0. The summed E-state index contributed by atoms with van der Waals surface area (Å²) in [6.45, 7) is 4.04. The van der Waals surface area contributed by atoms with E-state index in [-0.39, 0.29) is 5.91 Å². The first-order valence-electron chi connectivity index (χ1n) is 7.49. The molecule has 1 saturated heterocycles. The van der Waals surface area contributed by atoms with E-state index in [1.54, 1.807) is 12.0 Å². The van der Waals surface area contributed by atoms with Crippen LogP contribution in [0.15, 0.2) is 47.4 Å². The van der Waals surface area contributed by atoms with Gasteiger partial charge in [-0.3, -0.25) is 9.69 Å². The normalized spacial score (nSPS) is 16.1. The molecule has 0 N–H and O–H groups in total. The van der Waals surface area contributed by atoms with E-state index in [0.717, 1.165) is 28.1 Å². The molecule has 1 heterocycles. The van der Waals surface area contributed by atoms with Crippen molar-refractivity contribution >= 4 is 46.0 Å². The molecule has 1 aliphatic heterocycles. The smallest absolute Gasteiger partial charge is 0.270 e. The Labute approximate surface area is 151 Å². The topological polar surface area (TPSA) is 29.5 Å². The summed E-state index contributed by atoms with van der Waals surface area (Å²) in [7, 11) is 1.62. The van der Waals surface area contributed by atoms with E-state index in [1.807, 2.05) is 62.4 Å². The Morgan fingerprint density at radius 1 is 1.17 bits per heavy atom. The molecule has 1 aliphatic rings. The molecule has 2 aromatic carbocycles. The van der Waals surface area contributed by atoms with Crippen molar-refractivity contribution in [3.63, 3.8) is 0 Å². The number of hydrogen-bond acceptors (Lipinski definition) is 4. The summed E-state index contributed by atoms with van der Waals surface area (Å²) in [6.07, 6.45) is 1.85. The summed E-state index contributed by atoms with van der Waals surface area (Å²) >= 11 is 6.77. The zero-order valence-corrected chi connectivity index (χ0v) is 15.3. The summed E-state index contributed by atoms with van der Waals surface area (Å²) in [5.41, 5.74) is 3.97. The monoisotopic (exact) mass is 355 g/mol. The Kier molecular flexibility index (Phi) is 4.73. The van der Waals surface area contributed by atoms with Gasteiger partial charge in [-0.2, -0.15) is 0 Å². The lowest BCUT2D eigenvalue weighted by atomic mass is 10.1. The molecule has 1 amide bonds. The van der Waals surface area contributed by atoms with Crippen LogP contribution in [0.2, 0.25) is 0 Å². The Hall–Kier alpha value is -2.11. The molecule has 0 aromatic heterocycles. The number of nitrogens with zero attached hydrogens (tertiary/aromatic N) is 1. The fourth-order valence-electron chi connectivity index (χ4n) is 2.54. The number of amides is 1. The maximum atomic E-state index is 12.9. The summed E-state index contributed by atoms with van der Waals surface area (Å²) in [4.78, 5) is 15.1. The molecule has 24 heavy (non-hydrogen) atoms. The standard InChI is InChI=1S/C19H17NO2S2/c1-12-6-4-9-16(13(12)2)20-18(21)17(24-19(20)23)11-14-7-5-8-15(10-14)22-3/h4-11H,1-3H3/b17-11+. The van der Waals surface area contributed by atoms with Crippen LogP contribution < -0.4 is 9.64 Å². The van der Waals surface area contributed by atoms with Gasteiger partial charge in [0.2, 0.25) is 0 Å². The molecule has 5 heteroatoms. The first kappa shape index (κ1) is 16.7. The Bertz CT molecular complexity index is 858. The molecule has 0 atom stereocenters. The van der Waals surface area contributed by atoms with E-state index in [0.29, 0.717) is 9.23 Å². The van der Waals surface area contributed by atoms with Gasteiger partial charge in [0.05, 0.1) is 17.7 Å². The third-order valence-electron chi connectivity index (χ3n) is 4.00. The number of hydrogen-bond donors (Lipinski definition) is 0. The average molecular weight is 355 g/mol. The van der Waals surface area contributed by atoms with E-state index in [9.17, 15) is 4.79 Å². The van der Waals surface area contributed by atoms with E-state index in [4.69, 9.17) is 17.0 Å². The second-order valence-corrected chi connectivity index (χ2v) is 7.19. The first-order valence-corrected chi connectivity index (χ1v) is 8.72. The van der Waals surface area contributed by atoms with Gasteiger partial charge in [0.1, 0.15) is 5.75 Å². The molecule has 0 aliphatic carbocycles. The maximum absolute atomic E-state index is 12.9. The lowest BCUT2D eigenvalue weighted by molar-refractivity contribution is -0.113. The Morgan fingerprint density at radius 3 is 2.67 bits per heavy atom. The largest absolute Gasteiger partial charge is 0.497 e. The molecule has 0 spiro atoms. The Morgan fingerprint density at radius 2 is 1.92 bits per heavy atom. The highest BCUT2D eigenvalue weighted by Crippen LogP contribution is 2.38. The van der Waals surface area contributed by atoms with Gasteiger partial charge < -0.3 is 4.74 Å². The third kappa shape index (κ3) is 3.09. The van der Waals surface area contributed by atoms with Crippen LogP contribution in [-0.2, 0) is 4.79 Å². The lowest BCUT2D eigenvalue weighted by Crippen LogP contribution is -2.28. The van der Waals surface area contributed by atoms with Crippen LogP contribution in [0, 0.1) is 13.8 Å². The van der Waals surface area contributed by atoms with Crippen LogP contribution in [0.5, 0.6) is 5.75 Å². The predicted molar refractivity (Wildman–Crippen MR) is 105 cm³/mol. The Balaban J connectivity index is 1.97. The number of carbonyl (C=O) groups excluding carboxylic acids is 1. The zero-order valence-electron chi connectivity index (χ0n) is 13.7. The maximum Gasteiger partial charge on any atom is 0.270 e. The molecule has 0 unspecified atom stereocenters. The van der Waals surface area contributed by atoms with Crippen LogP contribution in [-0.4, -0.2) is 17.3 Å². The molecular formula is C19H17NO2S2. The molecule has 3 rings (SSSR count). The number of anilines is 1. The number of aryl methyl sites for hydroxylation is 1. The fraction of sp³-hybridized carbons (Fsp3) is 0.158. The summed E-state index contributed by atoms with van der Waals surface area (Å²) < 4.78 is 5.79. The van der Waals surface area contributed by atoms with Crippen molar-refractivity contribution in [2.45, 2.75) is 13.8 Å². The molecule has 122 valence electrons. The average Bonchev–Trinajstić information content (AvgIpc) is 2.84. The second kappa shape index (κ2) is 6.79. The minimum atomic E-state index is -0.0819. The summed E-state index contributed by atoms with van der Waals surface area (Å²) in [6, 6.07) is 13.5. The van der Waals surface area contributed by atoms with E-state index < -0.39 is 0 Å². The molecule has 0 radical (unpaired) electrons. The van der Waals surface area contributed by atoms with Crippen molar-refractivity contribution in [2.24, 2.45) is 0 Å². The van der Waals surface area contributed by atoms with Gasteiger partial charge in [0.15, 0.2) is 4.32 Å². The van der Waals surface area contributed by atoms with Gasteiger partial charge in [-0.1, -0.05) is 48.2 Å². The van der Waals surface area contributed by atoms with E-state index in [1.165, 1.54) is 11.8 Å². The number of thiocarbonyl (C=S) groups is 1. The van der Waals surface area contributed by atoms with Crippen molar-refractivity contribution in [1.82, 2.24) is 0 Å². The minimum absolute atomic E-state index is 0.0819. The predicted octanol–water partition coefficient (Wildman–Crippen LogP) is 4.72. The second-order valence-electron chi connectivity index (χ2n) is 5.51. The SMILES string of the molecule is COc1cccc(/C=C2/SC(=S)N(c3cccc(C)c3C)C2=O)c1. The number of benzene rings is 2. The van der Waals surface area contributed by atoms with Gasteiger partial charge in [0.25, 0.3) is 5.91 Å². The van der Waals surface area contributed by atoms with E-state index in [2.05, 4.69) is 0 Å². The van der Waals surface area contributed by atoms with Crippen molar-refractivity contribution < 1.29 is 9.53 Å². The van der Waals surface area contributed by atoms with E-state index >= 15 is 0 Å². The van der Waals surface area contributed by atoms with Crippen molar-refractivity contribution in [2.75, 3.05) is 12.0 Å². The van der Waals surface area contributed by atoms with Crippen LogP contribution in [0.25, 0.3) is 6.08 Å². The van der Waals surface area contributed by atoms with Crippen LogP contribution in [0.3, 0.4) is 0 Å². The van der Waals surface area contributed by atoms with Gasteiger partial charge in [-0.15, -0.1) is 0 Å². The first-order chi connectivity index (χ1) is 11.5. The molecular weight excluding hydrogens is 338 g/mol. The van der Waals surface area contributed by atoms with Crippen molar-refractivity contribution in [1.29, 1.82) is 0 Å². The molecule has 0 saturated carbocycles. The zero-order chi connectivity index (χ0) is 17.3. The third-order valence-corrected chi connectivity index (χ3v) is 5.30. The number of rotatable bonds is 3. The van der Waals surface area contributed by atoms with Crippen LogP contribution in [0.1, 0.15) is 16.7 Å². The quantitative estimate of drug-likeness (QED) is 0.589. The number of thioether (sulfide) groups is 1. The van der Waals surface area contributed by atoms with Gasteiger partial charge in [-0.25, -0.2) is 0 Å². The van der Waals surface area contributed by atoms with Gasteiger partial charge >= 0.3 is 0 Å². The highest BCUT2D eigenvalue weighted by molar-refractivity contribution is 8.27. The van der Waals surface area contributed by atoms with Crippen LogP contribution >= 0.6 is 24.0 Å².